The third-order valence-electron chi connectivity index (χ3n) is 8.25. The maximum atomic E-state index is 12.7. The standard InChI is InChI=1S/C39H43ClN2O9/c1-44-31-22-26(38-41-29-14-13-27(40)23-28(29)39(43)42-38)12-15-30(31)50-16-8-7-9-17-51-37-34(47-4)20-25(21-35(37)48-5)11-10-24-18-32(45-2)36(49-6)33(19-24)46-3/h10-15,18-23,38,41H,7-9,16-17H2,1-6H3,(H,42,43)/b11-10+. The SMILES string of the molecule is COc1cc(C2NC(=O)c3cc(Cl)ccc3N2)ccc1OCCCCCOc1c(OC)cc(/C=C/c2cc(OC)c(OC)c(OC)c2)cc1OC. The van der Waals surface area contributed by atoms with Gasteiger partial charge >= 0.3 is 0 Å². The zero-order valence-electron chi connectivity index (χ0n) is 29.6. The Bertz CT molecular complexity index is 1810. The van der Waals surface area contributed by atoms with Crippen LogP contribution in [-0.2, 0) is 0 Å². The molecule has 0 fully saturated rings. The molecule has 51 heavy (non-hydrogen) atoms. The first-order valence-corrected chi connectivity index (χ1v) is 16.7. The number of rotatable bonds is 17. The predicted octanol–water partition coefficient (Wildman–Crippen LogP) is 8.04. The van der Waals surface area contributed by atoms with Gasteiger partial charge in [-0.25, -0.2) is 0 Å². The number of hydrogen-bond acceptors (Lipinski definition) is 10. The maximum absolute atomic E-state index is 12.7. The summed E-state index contributed by atoms with van der Waals surface area (Å²) in [4.78, 5) is 12.7. The van der Waals surface area contributed by atoms with Crippen LogP contribution in [0.5, 0.6) is 46.0 Å². The van der Waals surface area contributed by atoms with Crippen LogP contribution in [0, 0.1) is 0 Å². The molecule has 0 bridgehead atoms. The van der Waals surface area contributed by atoms with Crippen molar-refractivity contribution in [3.8, 4) is 46.0 Å². The minimum atomic E-state index is -0.423. The van der Waals surface area contributed by atoms with E-state index in [-0.39, 0.29) is 5.91 Å². The normalized spacial score (nSPS) is 13.5. The molecule has 1 atom stereocenters. The summed E-state index contributed by atoms with van der Waals surface area (Å²) in [6.07, 6.45) is 5.95. The first kappa shape index (κ1) is 36.9. The Morgan fingerprint density at radius 3 is 1.73 bits per heavy atom. The van der Waals surface area contributed by atoms with Crippen molar-refractivity contribution in [3.05, 3.63) is 87.9 Å². The van der Waals surface area contributed by atoms with Crippen LogP contribution in [0.25, 0.3) is 12.2 Å². The van der Waals surface area contributed by atoms with Crippen LogP contribution >= 0.6 is 11.6 Å². The van der Waals surface area contributed by atoms with E-state index < -0.39 is 6.17 Å². The van der Waals surface area contributed by atoms with E-state index in [1.54, 1.807) is 60.9 Å². The second-order valence-corrected chi connectivity index (χ2v) is 11.9. The van der Waals surface area contributed by atoms with E-state index in [2.05, 4.69) is 10.6 Å². The molecule has 11 nitrogen and oxygen atoms in total. The fourth-order valence-electron chi connectivity index (χ4n) is 5.65. The fraction of sp³-hybridized carbons (Fsp3) is 0.308. The predicted molar refractivity (Wildman–Crippen MR) is 198 cm³/mol. The van der Waals surface area contributed by atoms with Gasteiger partial charge in [-0.05, 0) is 90.6 Å². The van der Waals surface area contributed by atoms with Gasteiger partial charge in [0.1, 0.15) is 6.17 Å². The summed E-state index contributed by atoms with van der Waals surface area (Å²) in [6, 6.07) is 18.3. The summed E-state index contributed by atoms with van der Waals surface area (Å²) in [6.45, 7) is 0.975. The number of carbonyl (C=O) groups excluding carboxylic acids is 1. The first-order chi connectivity index (χ1) is 24.8. The number of anilines is 1. The molecule has 270 valence electrons. The Balaban J connectivity index is 1.12. The molecule has 4 aromatic carbocycles. The third-order valence-corrected chi connectivity index (χ3v) is 8.49. The minimum absolute atomic E-state index is 0.199. The summed E-state index contributed by atoms with van der Waals surface area (Å²) in [5.41, 5.74) is 3.78. The number of benzene rings is 4. The Morgan fingerprint density at radius 1 is 0.588 bits per heavy atom. The van der Waals surface area contributed by atoms with Crippen LogP contribution in [0.2, 0.25) is 5.02 Å². The Hall–Kier alpha value is -5.42. The summed E-state index contributed by atoms with van der Waals surface area (Å²) in [5, 5.41) is 6.80. The van der Waals surface area contributed by atoms with Gasteiger partial charge in [0.15, 0.2) is 34.5 Å². The highest BCUT2D eigenvalue weighted by molar-refractivity contribution is 6.31. The molecule has 1 aliphatic rings. The lowest BCUT2D eigenvalue weighted by Crippen LogP contribution is -2.38. The number of amides is 1. The summed E-state index contributed by atoms with van der Waals surface area (Å²) >= 11 is 6.06. The first-order valence-electron chi connectivity index (χ1n) is 16.4. The van der Waals surface area contributed by atoms with E-state index in [1.165, 1.54) is 0 Å². The van der Waals surface area contributed by atoms with Crippen LogP contribution in [0.15, 0.2) is 60.7 Å². The molecule has 5 rings (SSSR count). The van der Waals surface area contributed by atoms with E-state index in [1.807, 2.05) is 54.6 Å². The molecule has 0 spiro atoms. The molecule has 12 heteroatoms. The Kier molecular flexibility index (Phi) is 12.6. The van der Waals surface area contributed by atoms with Gasteiger partial charge < -0.3 is 48.5 Å². The Labute approximate surface area is 303 Å². The fourth-order valence-corrected chi connectivity index (χ4v) is 5.82. The average Bonchev–Trinajstić information content (AvgIpc) is 3.16. The molecule has 0 saturated carbocycles. The number of halogens is 1. The lowest BCUT2D eigenvalue weighted by Gasteiger charge is -2.28. The van der Waals surface area contributed by atoms with E-state index in [4.69, 9.17) is 49.5 Å². The van der Waals surface area contributed by atoms with Crippen molar-refractivity contribution in [2.24, 2.45) is 0 Å². The van der Waals surface area contributed by atoms with Crippen LogP contribution in [-0.4, -0.2) is 61.8 Å². The number of hydrogen-bond donors (Lipinski definition) is 2. The number of carbonyl (C=O) groups is 1. The van der Waals surface area contributed by atoms with Gasteiger partial charge in [-0.2, -0.15) is 0 Å². The molecule has 1 unspecified atom stereocenters. The van der Waals surface area contributed by atoms with E-state index in [0.29, 0.717) is 75.5 Å². The number of unbranched alkanes of at least 4 members (excludes halogenated alkanes) is 2. The summed E-state index contributed by atoms with van der Waals surface area (Å²) < 4.78 is 45.5. The molecule has 0 aromatic heterocycles. The van der Waals surface area contributed by atoms with Gasteiger partial charge in [0.2, 0.25) is 11.5 Å². The Morgan fingerprint density at radius 2 is 1.16 bits per heavy atom. The highest BCUT2D eigenvalue weighted by Crippen LogP contribution is 2.41. The summed E-state index contributed by atoms with van der Waals surface area (Å²) in [5.74, 6) is 4.35. The van der Waals surface area contributed by atoms with Gasteiger partial charge in [-0.3, -0.25) is 4.79 Å². The monoisotopic (exact) mass is 718 g/mol. The molecule has 1 amide bonds. The third kappa shape index (κ3) is 8.85. The van der Waals surface area contributed by atoms with Gasteiger partial charge in [0, 0.05) is 10.7 Å². The van der Waals surface area contributed by atoms with E-state index >= 15 is 0 Å². The second kappa shape index (κ2) is 17.5. The number of ether oxygens (including phenoxy) is 8. The number of methoxy groups -OCH3 is 6. The van der Waals surface area contributed by atoms with Crippen molar-refractivity contribution >= 4 is 35.3 Å². The number of nitrogens with one attached hydrogen (secondary N) is 2. The van der Waals surface area contributed by atoms with E-state index in [9.17, 15) is 4.79 Å². The van der Waals surface area contributed by atoms with Crippen LogP contribution in [0.3, 0.4) is 0 Å². The molecule has 2 N–H and O–H groups in total. The number of fused-ring (bicyclic) bond motifs is 1. The van der Waals surface area contributed by atoms with Crippen molar-refractivity contribution < 1.29 is 42.7 Å². The highest BCUT2D eigenvalue weighted by atomic mass is 35.5. The molecule has 1 heterocycles. The molecular formula is C39H43ClN2O9. The topological polar surface area (TPSA) is 115 Å². The quantitative estimate of drug-likeness (QED) is 0.0821. The van der Waals surface area contributed by atoms with Gasteiger partial charge in [-0.15, -0.1) is 0 Å². The average molecular weight is 719 g/mol. The molecule has 0 aliphatic carbocycles. The lowest BCUT2D eigenvalue weighted by atomic mass is 10.1. The van der Waals surface area contributed by atoms with Crippen LogP contribution in [0.4, 0.5) is 5.69 Å². The van der Waals surface area contributed by atoms with Gasteiger partial charge in [0.25, 0.3) is 5.91 Å². The highest BCUT2D eigenvalue weighted by Gasteiger charge is 2.25. The molecule has 0 radical (unpaired) electrons. The lowest BCUT2D eigenvalue weighted by molar-refractivity contribution is 0.0935. The van der Waals surface area contributed by atoms with Crippen LogP contribution in [0.1, 0.15) is 52.5 Å². The second-order valence-electron chi connectivity index (χ2n) is 11.5. The minimum Gasteiger partial charge on any atom is -0.493 e. The van der Waals surface area contributed by atoms with Crippen molar-refractivity contribution in [2.45, 2.75) is 25.4 Å². The smallest absolute Gasteiger partial charge is 0.255 e. The van der Waals surface area contributed by atoms with Gasteiger partial charge in [0.05, 0.1) is 61.4 Å². The van der Waals surface area contributed by atoms with Crippen molar-refractivity contribution in [2.75, 3.05) is 61.2 Å². The van der Waals surface area contributed by atoms with Crippen molar-refractivity contribution in [3.63, 3.8) is 0 Å². The summed E-state index contributed by atoms with van der Waals surface area (Å²) in [7, 11) is 9.54. The maximum Gasteiger partial charge on any atom is 0.255 e. The molecule has 0 saturated heterocycles. The zero-order chi connectivity index (χ0) is 36.3. The van der Waals surface area contributed by atoms with Gasteiger partial charge in [-0.1, -0.05) is 29.8 Å². The molecular weight excluding hydrogens is 676 g/mol. The van der Waals surface area contributed by atoms with Crippen molar-refractivity contribution in [1.82, 2.24) is 5.32 Å². The molecule has 4 aromatic rings. The largest absolute Gasteiger partial charge is 0.493 e. The van der Waals surface area contributed by atoms with E-state index in [0.717, 1.165) is 36.0 Å². The van der Waals surface area contributed by atoms with Crippen molar-refractivity contribution in [1.29, 1.82) is 0 Å². The zero-order valence-corrected chi connectivity index (χ0v) is 30.3. The molecule has 1 aliphatic heterocycles. The van der Waals surface area contributed by atoms with Crippen LogP contribution < -0.4 is 48.5 Å².